The van der Waals surface area contributed by atoms with Crippen molar-refractivity contribution >= 4 is 46.6 Å². The minimum atomic E-state index is -0.461. The lowest BCUT2D eigenvalue weighted by Crippen LogP contribution is -2.28. The zero-order valence-electron chi connectivity index (χ0n) is 19.2. The molecular weight excluding hydrogens is 467 g/mol. The Hall–Kier alpha value is -3.68. The molecule has 2 atom stereocenters. The maximum atomic E-state index is 14.9. The van der Waals surface area contributed by atoms with Gasteiger partial charge in [-0.2, -0.15) is 0 Å². The van der Waals surface area contributed by atoms with E-state index in [4.69, 9.17) is 17.3 Å². The SMILES string of the molecule is CN1CC(C(=O)Nc2ccc(Cl)cc2)C(c2ccc(C=CC(=O)Nc3ccccc3N)c(F)c2)C1. The smallest absolute Gasteiger partial charge is 0.248 e. The highest BCUT2D eigenvalue weighted by molar-refractivity contribution is 6.30. The normalized spacial score (nSPS) is 18.0. The van der Waals surface area contributed by atoms with Crippen LogP contribution in [0.15, 0.2) is 72.8 Å². The molecule has 0 saturated carbocycles. The Kier molecular flexibility index (Phi) is 7.48. The summed E-state index contributed by atoms with van der Waals surface area (Å²) in [5.41, 5.74) is 8.45. The summed E-state index contributed by atoms with van der Waals surface area (Å²) >= 11 is 5.92. The number of rotatable bonds is 6. The fourth-order valence-electron chi connectivity index (χ4n) is 4.23. The Labute approximate surface area is 208 Å². The number of para-hydroxylation sites is 2. The van der Waals surface area contributed by atoms with Crippen molar-refractivity contribution in [3.8, 4) is 0 Å². The monoisotopic (exact) mass is 492 g/mol. The number of carbonyl (C=O) groups is 2. The van der Waals surface area contributed by atoms with Gasteiger partial charge in [-0.25, -0.2) is 4.39 Å². The van der Waals surface area contributed by atoms with Crippen molar-refractivity contribution in [2.24, 2.45) is 5.92 Å². The summed E-state index contributed by atoms with van der Waals surface area (Å²) in [4.78, 5) is 27.3. The lowest BCUT2D eigenvalue weighted by atomic mass is 9.87. The van der Waals surface area contributed by atoms with Crippen LogP contribution in [0.25, 0.3) is 6.08 Å². The van der Waals surface area contributed by atoms with Gasteiger partial charge in [-0.1, -0.05) is 35.9 Å². The van der Waals surface area contributed by atoms with Crippen LogP contribution in [-0.4, -0.2) is 36.9 Å². The molecule has 1 aliphatic heterocycles. The minimum Gasteiger partial charge on any atom is -0.397 e. The molecule has 0 bridgehead atoms. The fraction of sp³-hybridized carbons (Fsp3) is 0.185. The van der Waals surface area contributed by atoms with Crippen LogP contribution in [-0.2, 0) is 9.59 Å². The maximum absolute atomic E-state index is 14.9. The Balaban J connectivity index is 1.45. The van der Waals surface area contributed by atoms with Gasteiger partial charge in [0, 0.05) is 41.4 Å². The highest BCUT2D eigenvalue weighted by Crippen LogP contribution is 2.34. The first-order chi connectivity index (χ1) is 16.8. The second-order valence-corrected chi connectivity index (χ2v) is 9.06. The number of likely N-dealkylation sites (tertiary alicyclic amines) is 1. The van der Waals surface area contributed by atoms with Gasteiger partial charge in [-0.05, 0) is 61.2 Å². The van der Waals surface area contributed by atoms with Crippen LogP contribution < -0.4 is 16.4 Å². The molecule has 4 N–H and O–H groups in total. The lowest BCUT2D eigenvalue weighted by molar-refractivity contribution is -0.119. The van der Waals surface area contributed by atoms with Crippen molar-refractivity contribution in [3.05, 3.63) is 94.8 Å². The van der Waals surface area contributed by atoms with E-state index in [-0.39, 0.29) is 23.3 Å². The second-order valence-electron chi connectivity index (χ2n) is 8.62. The molecule has 3 aromatic carbocycles. The van der Waals surface area contributed by atoms with Gasteiger partial charge in [0.15, 0.2) is 0 Å². The second kappa shape index (κ2) is 10.7. The number of benzene rings is 3. The summed E-state index contributed by atoms with van der Waals surface area (Å²) in [7, 11) is 1.94. The first-order valence-corrected chi connectivity index (χ1v) is 11.6. The van der Waals surface area contributed by atoms with E-state index in [1.165, 1.54) is 18.2 Å². The molecule has 180 valence electrons. The zero-order valence-corrected chi connectivity index (χ0v) is 19.9. The molecule has 6 nitrogen and oxygen atoms in total. The standard InChI is InChI=1S/C27H26ClFN4O2/c1-33-15-21(22(16-33)27(35)31-20-11-9-19(28)10-12-20)18-7-6-17(23(29)14-18)8-13-26(34)32-25-5-3-2-4-24(25)30/h2-14,21-22H,15-16,30H2,1H3,(H,31,35)(H,32,34). The molecule has 3 aromatic rings. The molecule has 2 unspecified atom stereocenters. The zero-order chi connectivity index (χ0) is 24.9. The van der Waals surface area contributed by atoms with Gasteiger partial charge in [0.2, 0.25) is 11.8 Å². The van der Waals surface area contributed by atoms with Crippen LogP contribution >= 0.6 is 11.6 Å². The molecule has 1 fully saturated rings. The van der Waals surface area contributed by atoms with Crippen LogP contribution in [0.1, 0.15) is 17.0 Å². The van der Waals surface area contributed by atoms with Crippen molar-refractivity contribution in [1.29, 1.82) is 0 Å². The summed E-state index contributed by atoms with van der Waals surface area (Å²) in [5, 5.41) is 6.19. The van der Waals surface area contributed by atoms with Gasteiger partial charge in [-0.3, -0.25) is 9.59 Å². The molecule has 8 heteroatoms. The third-order valence-corrected chi connectivity index (χ3v) is 6.29. The molecule has 0 radical (unpaired) electrons. The number of nitrogens with zero attached hydrogens (tertiary/aromatic N) is 1. The average molecular weight is 493 g/mol. The number of hydrogen-bond donors (Lipinski definition) is 3. The summed E-state index contributed by atoms with van der Waals surface area (Å²) in [5.74, 6) is -1.49. The molecule has 35 heavy (non-hydrogen) atoms. The number of hydrogen-bond acceptors (Lipinski definition) is 4. The maximum Gasteiger partial charge on any atom is 0.248 e. The van der Waals surface area contributed by atoms with Crippen molar-refractivity contribution in [2.75, 3.05) is 36.5 Å². The summed E-state index contributed by atoms with van der Waals surface area (Å²) < 4.78 is 14.9. The Bertz CT molecular complexity index is 1260. The Morgan fingerprint density at radius 2 is 1.80 bits per heavy atom. The average Bonchev–Trinajstić information content (AvgIpc) is 3.23. The number of anilines is 3. The van der Waals surface area contributed by atoms with Crippen LogP contribution in [0.5, 0.6) is 0 Å². The molecule has 0 aromatic heterocycles. The topological polar surface area (TPSA) is 87.5 Å². The van der Waals surface area contributed by atoms with Gasteiger partial charge in [0.05, 0.1) is 17.3 Å². The first-order valence-electron chi connectivity index (χ1n) is 11.2. The van der Waals surface area contributed by atoms with E-state index in [0.29, 0.717) is 35.2 Å². The predicted molar refractivity (Wildman–Crippen MR) is 139 cm³/mol. The van der Waals surface area contributed by atoms with Gasteiger partial charge in [-0.15, -0.1) is 0 Å². The number of carbonyl (C=O) groups excluding carboxylic acids is 2. The molecule has 0 spiro atoms. The van der Waals surface area contributed by atoms with Gasteiger partial charge >= 0.3 is 0 Å². The first kappa shape index (κ1) is 24.4. The number of nitrogens with two attached hydrogens (primary N) is 1. The molecule has 1 heterocycles. The number of nitrogen functional groups attached to an aromatic ring is 1. The van der Waals surface area contributed by atoms with E-state index < -0.39 is 11.7 Å². The fourth-order valence-corrected chi connectivity index (χ4v) is 4.36. The van der Waals surface area contributed by atoms with E-state index in [9.17, 15) is 14.0 Å². The van der Waals surface area contributed by atoms with E-state index in [1.54, 1.807) is 54.6 Å². The number of halogens is 2. The molecule has 4 rings (SSSR count). The third kappa shape index (κ3) is 6.07. The Morgan fingerprint density at radius 1 is 1.06 bits per heavy atom. The van der Waals surface area contributed by atoms with E-state index in [2.05, 4.69) is 15.5 Å². The van der Waals surface area contributed by atoms with Crippen LogP contribution in [0, 0.1) is 11.7 Å². The quantitative estimate of drug-likeness (QED) is 0.334. The molecular formula is C27H26ClFN4O2. The Morgan fingerprint density at radius 3 is 2.51 bits per heavy atom. The van der Waals surface area contributed by atoms with Crippen molar-refractivity contribution in [2.45, 2.75) is 5.92 Å². The largest absolute Gasteiger partial charge is 0.397 e. The molecule has 1 saturated heterocycles. The molecule has 1 aliphatic rings. The van der Waals surface area contributed by atoms with E-state index in [0.717, 1.165) is 5.56 Å². The minimum absolute atomic E-state index is 0.122. The van der Waals surface area contributed by atoms with Crippen molar-refractivity contribution < 1.29 is 14.0 Å². The highest BCUT2D eigenvalue weighted by Gasteiger charge is 2.37. The third-order valence-electron chi connectivity index (χ3n) is 6.04. The lowest BCUT2D eigenvalue weighted by Gasteiger charge is -2.19. The highest BCUT2D eigenvalue weighted by atomic mass is 35.5. The van der Waals surface area contributed by atoms with Crippen LogP contribution in [0.4, 0.5) is 21.5 Å². The van der Waals surface area contributed by atoms with Crippen molar-refractivity contribution in [1.82, 2.24) is 4.90 Å². The summed E-state index contributed by atoms with van der Waals surface area (Å²) in [6, 6.07) is 18.7. The van der Waals surface area contributed by atoms with E-state index >= 15 is 0 Å². The predicted octanol–water partition coefficient (Wildman–Crippen LogP) is 5.00. The summed E-state index contributed by atoms with van der Waals surface area (Å²) in [6.45, 7) is 1.20. The molecule has 2 amide bonds. The number of likely N-dealkylation sites (N-methyl/N-ethyl adjacent to an activating group) is 1. The number of nitrogens with one attached hydrogen (secondary N) is 2. The molecule has 0 aliphatic carbocycles. The van der Waals surface area contributed by atoms with Crippen molar-refractivity contribution in [3.63, 3.8) is 0 Å². The van der Waals surface area contributed by atoms with Gasteiger partial charge in [0.1, 0.15) is 5.82 Å². The van der Waals surface area contributed by atoms with Gasteiger partial charge < -0.3 is 21.3 Å². The number of amides is 2. The van der Waals surface area contributed by atoms with Crippen LogP contribution in [0.3, 0.4) is 0 Å². The van der Waals surface area contributed by atoms with Gasteiger partial charge in [0.25, 0.3) is 0 Å². The van der Waals surface area contributed by atoms with E-state index in [1.807, 2.05) is 13.1 Å². The van der Waals surface area contributed by atoms with Crippen LogP contribution in [0.2, 0.25) is 5.02 Å². The summed E-state index contributed by atoms with van der Waals surface area (Å²) in [6.07, 6.45) is 2.68.